The second kappa shape index (κ2) is 4.53. The molecule has 16 heavy (non-hydrogen) atoms. The number of benzene rings is 1. The maximum Gasteiger partial charge on any atom is 0.115 e. The minimum absolute atomic E-state index is 0.260. The van der Waals surface area contributed by atoms with Crippen molar-refractivity contribution in [3.8, 4) is 5.75 Å². The van der Waals surface area contributed by atoms with Gasteiger partial charge in [-0.3, -0.25) is 4.98 Å². The molecule has 0 aliphatic heterocycles. The Morgan fingerprint density at radius 1 is 1.12 bits per heavy atom. The summed E-state index contributed by atoms with van der Waals surface area (Å²) in [6, 6.07) is 10.6. The minimum Gasteiger partial charge on any atom is -0.508 e. The number of hydrogen-bond acceptors (Lipinski definition) is 4. The maximum atomic E-state index is 9.12. The van der Waals surface area contributed by atoms with Gasteiger partial charge in [0.05, 0.1) is 24.1 Å². The highest BCUT2D eigenvalue weighted by atomic mass is 16.3. The number of aromatic hydroxyl groups is 1. The molecule has 0 fully saturated rings. The van der Waals surface area contributed by atoms with Crippen LogP contribution in [0, 0.1) is 0 Å². The van der Waals surface area contributed by atoms with E-state index in [2.05, 4.69) is 10.3 Å². The average molecular weight is 215 g/mol. The number of nitrogens with zero attached hydrogens (tertiary/aromatic N) is 1. The molecule has 1 aromatic heterocycles. The van der Waals surface area contributed by atoms with Crippen molar-refractivity contribution in [1.29, 1.82) is 0 Å². The summed E-state index contributed by atoms with van der Waals surface area (Å²) in [4.78, 5) is 4.17. The van der Waals surface area contributed by atoms with Gasteiger partial charge in [-0.1, -0.05) is 0 Å². The molecule has 1 heterocycles. The number of phenolic OH excluding ortho intramolecular Hbond substituents is 1. The van der Waals surface area contributed by atoms with Crippen LogP contribution in [0.15, 0.2) is 42.6 Å². The van der Waals surface area contributed by atoms with Gasteiger partial charge in [0, 0.05) is 5.69 Å². The normalized spacial score (nSPS) is 10.0. The molecule has 0 aliphatic carbocycles. The first kappa shape index (κ1) is 10.3. The van der Waals surface area contributed by atoms with E-state index in [9.17, 15) is 0 Å². The Hall–Kier alpha value is -2.23. The van der Waals surface area contributed by atoms with Crippen molar-refractivity contribution in [3.05, 3.63) is 48.3 Å². The van der Waals surface area contributed by atoms with Crippen LogP contribution in [0.3, 0.4) is 0 Å². The summed E-state index contributed by atoms with van der Waals surface area (Å²) in [5.74, 6) is 0.260. The molecule has 0 saturated heterocycles. The zero-order valence-corrected chi connectivity index (χ0v) is 8.72. The summed E-state index contributed by atoms with van der Waals surface area (Å²) < 4.78 is 0. The van der Waals surface area contributed by atoms with Crippen molar-refractivity contribution in [3.63, 3.8) is 0 Å². The molecule has 0 spiro atoms. The smallest absolute Gasteiger partial charge is 0.115 e. The average Bonchev–Trinajstić information content (AvgIpc) is 2.30. The summed E-state index contributed by atoms with van der Waals surface area (Å²) in [5, 5.41) is 12.3. The number of hydrogen-bond donors (Lipinski definition) is 3. The van der Waals surface area contributed by atoms with Gasteiger partial charge < -0.3 is 16.2 Å². The van der Waals surface area contributed by atoms with Gasteiger partial charge in [-0.15, -0.1) is 0 Å². The van der Waals surface area contributed by atoms with Crippen molar-refractivity contribution in [1.82, 2.24) is 4.98 Å². The second-order valence-corrected chi connectivity index (χ2v) is 3.48. The largest absolute Gasteiger partial charge is 0.508 e. The number of rotatable bonds is 3. The maximum absolute atomic E-state index is 9.12. The van der Waals surface area contributed by atoms with Crippen LogP contribution in [0.5, 0.6) is 5.75 Å². The van der Waals surface area contributed by atoms with Gasteiger partial charge in [0.15, 0.2) is 0 Å². The topological polar surface area (TPSA) is 71.2 Å². The number of nitrogen functional groups attached to an aromatic ring is 1. The molecule has 4 nitrogen and oxygen atoms in total. The lowest BCUT2D eigenvalue weighted by molar-refractivity contribution is 0.475. The van der Waals surface area contributed by atoms with E-state index < -0.39 is 0 Å². The first-order chi connectivity index (χ1) is 7.74. The van der Waals surface area contributed by atoms with Crippen molar-refractivity contribution in [2.24, 2.45) is 0 Å². The lowest BCUT2D eigenvalue weighted by Gasteiger charge is -2.05. The highest BCUT2D eigenvalue weighted by Crippen LogP contribution is 2.14. The summed E-state index contributed by atoms with van der Waals surface area (Å²) >= 11 is 0. The Bertz CT molecular complexity index is 405. The predicted molar refractivity (Wildman–Crippen MR) is 64.1 cm³/mol. The first-order valence-electron chi connectivity index (χ1n) is 4.97. The Morgan fingerprint density at radius 3 is 2.50 bits per heavy atom. The molecule has 4 heteroatoms. The molecule has 0 unspecified atom stereocenters. The summed E-state index contributed by atoms with van der Waals surface area (Å²) in [6.45, 7) is 0.630. The van der Waals surface area contributed by atoms with Gasteiger partial charge in [-0.2, -0.15) is 0 Å². The summed E-state index contributed by atoms with van der Waals surface area (Å²) in [5.41, 5.74) is 8.06. The summed E-state index contributed by atoms with van der Waals surface area (Å²) in [6.07, 6.45) is 1.63. The molecule has 0 saturated carbocycles. The number of anilines is 2. The van der Waals surface area contributed by atoms with E-state index in [1.165, 1.54) is 0 Å². The standard InChI is InChI=1S/C12H13N3O/c13-9-1-2-11(14-7-9)8-15-10-3-5-12(16)6-4-10/h1-7,15-16H,8,13H2. The third-order valence-electron chi connectivity index (χ3n) is 2.19. The Labute approximate surface area is 93.8 Å². The fraction of sp³-hybridized carbons (Fsp3) is 0.0833. The van der Waals surface area contributed by atoms with Gasteiger partial charge in [0.25, 0.3) is 0 Å². The fourth-order valence-corrected chi connectivity index (χ4v) is 1.31. The second-order valence-electron chi connectivity index (χ2n) is 3.48. The Balaban J connectivity index is 1.97. The minimum atomic E-state index is 0.260. The van der Waals surface area contributed by atoms with Gasteiger partial charge in [-0.25, -0.2) is 0 Å². The highest BCUT2D eigenvalue weighted by Gasteiger charge is 1.95. The number of phenols is 1. The summed E-state index contributed by atoms with van der Waals surface area (Å²) in [7, 11) is 0. The zero-order valence-electron chi connectivity index (χ0n) is 8.72. The molecular weight excluding hydrogens is 202 g/mol. The molecule has 1 aromatic carbocycles. The van der Waals surface area contributed by atoms with Crippen LogP contribution >= 0.6 is 0 Å². The van der Waals surface area contributed by atoms with Gasteiger partial charge >= 0.3 is 0 Å². The number of aromatic nitrogens is 1. The van der Waals surface area contributed by atoms with E-state index in [0.717, 1.165) is 11.4 Å². The molecule has 0 aliphatic rings. The third kappa shape index (κ3) is 2.63. The fourth-order valence-electron chi connectivity index (χ4n) is 1.31. The van der Waals surface area contributed by atoms with Crippen LogP contribution in [0.1, 0.15) is 5.69 Å². The van der Waals surface area contributed by atoms with Crippen LogP contribution in [0.25, 0.3) is 0 Å². The van der Waals surface area contributed by atoms with Crippen LogP contribution in [0.4, 0.5) is 11.4 Å². The molecule has 2 aromatic rings. The predicted octanol–water partition coefficient (Wildman–Crippen LogP) is 1.98. The number of nitrogens with two attached hydrogens (primary N) is 1. The molecule has 0 radical (unpaired) electrons. The van der Waals surface area contributed by atoms with Gasteiger partial charge in [0.1, 0.15) is 5.75 Å². The van der Waals surface area contributed by atoms with Crippen molar-refractivity contribution in [2.75, 3.05) is 11.1 Å². The van der Waals surface area contributed by atoms with Gasteiger partial charge in [0.2, 0.25) is 0 Å². The van der Waals surface area contributed by atoms with Crippen molar-refractivity contribution < 1.29 is 5.11 Å². The van der Waals surface area contributed by atoms with Crippen LogP contribution < -0.4 is 11.1 Å². The molecule has 0 bridgehead atoms. The van der Waals surface area contributed by atoms with Crippen LogP contribution in [0.2, 0.25) is 0 Å². The van der Waals surface area contributed by atoms with E-state index in [1.807, 2.05) is 24.3 Å². The van der Waals surface area contributed by atoms with Crippen molar-refractivity contribution in [2.45, 2.75) is 6.54 Å². The monoisotopic (exact) mass is 215 g/mol. The van der Waals surface area contributed by atoms with Crippen molar-refractivity contribution >= 4 is 11.4 Å². The van der Waals surface area contributed by atoms with E-state index in [1.54, 1.807) is 18.3 Å². The molecule has 4 N–H and O–H groups in total. The SMILES string of the molecule is Nc1ccc(CNc2ccc(O)cc2)nc1. The first-order valence-corrected chi connectivity index (χ1v) is 4.97. The Kier molecular flexibility index (Phi) is 2.91. The Morgan fingerprint density at radius 2 is 1.88 bits per heavy atom. The number of nitrogens with one attached hydrogen (secondary N) is 1. The lowest BCUT2D eigenvalue weighted by Crippen LogP contribution is -2.01. The molecule has 2 rings (SSSR count). The molecule has 82 valence electrons. The third-order valence-corrected chi connectivity index (χ3v) is 2.19. The van der Waals surface area contributed by atoms with E-state index in [-0.39, 0.29) is 5.75 Å². The van der Waals surface area contributed by atoms with E-state index >= 15 is 0 Å². The molecule has 0 atom stereocenters. The van der Waals surface area contributed by atoms with Gasteiger partial charge in [-0.05, 0) is 36.4 Å². The molecular formula is C12H13N3O. The highest BCUT2D eigenvalue weighted by molar-refractivity contribution is 5.46. The van der Waals surface area contributed by atoms with Crippen LogP contribution in [-0.4, -0.2) is 10.1 Å². The lowest BCUT2D eigenvalue weighted by atomic mass is 10.3. The van der Waals surface area contributed by atoms with E-state index in [4.69, 9.17) is 10.8 Å². The van der Waals surface area contributed by atoms with E-state index in [0.29, 0.717) is 12.2 Å². The van der Waals surface area contributed by atoms with Crippen LogP contribution in [-0.2, 0) is 6.54 Å². The quantitative estimate of drug-likeness (QED) is 0.685. The zero-order chi connectivity index (χ0) is 11.4. The number of pyridine rings is 1. The molecule has 0 amide bonds.